The third-order valence-corrected chi connectivity index (χ3v) is 6.42. The van der Waals surface area contributed by atoms with Crippen LogP contribution in [-0.4, -0.2) is 8.40 Å². The molecule has 1 heterocycles. The topological polar surface area (TPSA) is 0 Å². The Hall–Kier alpha value is -2.25. The maximum Gasteiger partial charge on any atom is 0.0815 e. The molecule has 0 amide bonds. The predicted octanol–water partition coefficient (Wildman–Crippen LogP) is 5.01. The molecule has 0 spiro atoms. The summed E-state index contributed by atoms with van der Waals surface area (Å²) in [6, 6.07) is 28.5. The average Bonchev–Trinajstić information content (AvgIpc) is 2.55. The van der Waals surface area contributed by atoms with Gasteiger partial charge >= 0.3 is 0 Å². The molecule has 0 saturated carbocycles. The van der Waals surface area contributed by atoms with Crippen LogP contribution in [0, 0.1) is 0 Å². The van der Waals surface area contributed by atoms with Gasteiger partial charge in [-0.15, -0.1) is 0 Å². The van der Waals surface area contributed by atoms with Gasteiger partial charge in [0.1, 0.15) is 0 Å². The molecule has 94 valence electrons. The Balaban J connectivity index is 2.19. The molecule has 0 fully saturated rings. The van der Waals surface area contributed by atoms with Crippen LogP contribution in [0.3, 0.4) is 0 Å². The molecule has 0 aliphatic heterocycles. The van der Waals surface area contributed by atoms with Crippen LogP contribution in [0.2, 0.25) is 0 Å². The summed E-state index contributed by atoms with van der Waals surface area (Å²) in [5, 5.41) is 5.61. The quantitative estimate of drug-likeness (QED) is 0.337. The van der Waals surface area contributed by atoms with Gasteiger partial charge in [0, 0.05) is 0 Å². The van der Waals surface area contributed by atoms with Crippen LogP contribution in [0.25, 0.3) is 26.3 Å². The molecule has 20 heavy (non-hydrogen) atoms. The fourth-order valence-electron chi connectivity index (χ4n) is 2.91. The van der Waals surface area contributed by atoms with Crippen molar-refractivity contribution in [2.75, 3.05) is 0 Å². The van der Waals surface area contributed by atoms with E-state index in [1.165, 1.54) is 26.3 Å². The normalized spacial score (nSPS) is 11.0. The molecule has 4 aromatic rings. The second kappa shape index (κ2) is 4.69. The fourth-order valence-corrected chi connectivity index (χ4v) is 5.44. The second-order valence-corrected chi connectivity index (χ2v) is 7.29. The minimum atomic E-state index is -0.819. The lowest BCUT2D eigenvalue weighted by atomic mass is 10.1. The molecule has 0 aliphatic rings. The Morgan fingerprint density at radius 3 is 2.05 bits per heavy atom. The van der Waals surface area contributed by atoms with Gasteiger partial charge in [0.15, 0.2) is 0 Å². The molecule has 0 atom stereocenters. The van der Waals surface area contributed by atoms with Crippen molar-refractivity contribution in [1.29, 1.82) is 0 Å². The zero-order valence-electron chi connectivity index (χ0n) is 11.1. The molecule has 1 aromatic heterocycles. The van der Waals surface area contributed by atoms with E-state index >= 15 is 0 Å². The SMILES string of the molecule is c1ccc(-[si]2cc3ccccc3c3ccccc32)cc1. The largest absolute Gasteiger partial charge is 0.0815 e. The summed E-state index contributed by atoms with van der Waals surface area (Å²) in [6.45, 7) is 0. The summed E-state index contributed by atoms with van der Waals surface area (Å²) in [5.41, 5.74) is 2.48. The van der Waals surface area contributed by atoms with Gasteiger partial charge in [-0.25, -0.2) is 0 Å². The number of fused-ring (bicyclic) bond motifs is 3. The van der Waals surface area contributed by atoms with E-state index in [1.54, 1.807) is 0 Å². The predicted molar refractivity (Wildman–Crippen MR) is 88.7 cm³/mol. The Morgan fingerprint density at radius 1 is 0.550 bits per heavy atom. The second-order valence-electron chi connectivity index (χ2n) is 5.06. The zero-order chi connectivity index (χ0) is 13.4. The maximum atomic E-state index is 2.48. The van der Waals surface area contributed by atoms with Crippen LogP contribution in [-0.2, 0) is 0 Å². The molecule has 0 saturated heterocycles. The van der Waals surface area contributed by atoms with Gasteiger partial charge in [0.05, 0.1) is 8.40 Å². The molecular formula is C19H14Si. The van der Waals surface area contributed by atoms with Crippen molar-refractivity contribution >= 4 is 29.6 Å². The Kier molecular flexibility index (Phi) is 2.71. The van der Waals surface area contributed by atoms with Gasteiger partial charge in [-0.2, -0.15) is 0 Å². The highest BCUT2D eigenvalue weighted by molar-refractivity contribution is 6.76. The highest BCUT2D eigenvalue weighted by Gasteiger charge is 2.08. The van der Waals surface area contributed by atoms with E-state index in [9.17, 15) is 0 Å². The van der Waals surface area contributed by atoms with E-state index in [2.05, 4.69) is 84.5 Å². The van der Waals surface area contributed by atoms with Crippen molar-refractivity contribution in [3.8, 4) is 5.19 Å². The van der Waals surface area contributed by atoms with E-state index in [4.69, 9.17) is 0 Å². The zero-order valence-corrected chi connectivity index (χ0v) is 12.1. The lowest BCUT2D eigenvalue weighted by Crippen LogP contribution is -1.99. The molecule has 0 bridgehead atoms. The molecule has 4 rings (SSSR count). The van der Waals surface area contributed by atoms with Crippen LogP contribution in [0.15, 0.2) is 84.5 Å². The van der Waals surface area contributed by atoms with Crippen molar-refractivity contribution in [3.05, 3.63) is 84.5 Å². The molecule has 0 radical (unpaired) electrons. The number of rotatable bonds is 1. The Morgan fingerprint density at radius 2 is 1.20 bits per heavy atom. The summed E-state index contributed by atoms with van der Waals surface area (Å²) < 4.78 is 0. The van der Waals surface area contributed by atoms with Crippen molar-refractivity contribution in [3.63, 3.8) is 0 Å². The smallest absolute Gasteiger partial charge is 0.0652 e. The summed E-state index contributed by atoms with van der Waals surface area (Å²) in [6.07, 6.45) is 0. The third-order valence-electron chi connectivity index (χ3n) is 3.85. The van der Waals surface area contributed by atoms with E-state index in [0.29, 0.717) is 0 Å². The van der Waals surface area contributed by atoms with Gasteiger partial charge in [-0.1, -0.05) is 84.5 Å². The van der Waals surface area contributed by atoms with Gasteiger partial charge in [0.2, 0.25) is 0 Å². The van der Waals surface area contributed by atoms with Crippen LogP contribution < -0.4 is 0 Å². The van der Waals surface area contributed by atoms with Gasteiger partial charge in [0.25, 0.3) is 0 Å². The third kappa shape index (κ3) is 1.79. The molecule has 1 heteroatoms. The summed E-state index contributed by atoms with van der Waals surface area (Å²) in [5.74, 6) is 0. The molecule has 0 N–H and O–H groups in total. The first-order chi connectivity index (χ1) is 9.93. The summed E-state index contributed by atoms with van der Waals surface area (Å²) in [4.78, 5) is 1.50. The fraction of sp³-hybridized carbons (Fsp3) is 0. The standard InChI is InChI=1S/C19H14Si/c1-2-9-16(10-3-1)20-14-15-8-4-5-11-17(15)18-12-6-7-13-19(18)20/h1-14H. The Labute approximate surface area is 119 Å². The van der Waals surface area contributed by atoms with Crippen molar-refractivity contribution in [2.24, 2.45) is 0 Å². The molecule has 3 aromatic carbocycles. The van der Waals surface area contributed by atoms with Gasteiger partial charge in [-0.3, -0.25) is 0 Å². The first kappa shape index (κ1) is 11.6. The van der Waals surface area contributed by atoms with Gasteiger partial charge in [-0.05, 0) is 26.3 Å². The van der Waals surface area contributed by atoms with E-state index in [1.807, 2.05) is 0 Å². The first-order valence-electron chi connectivity index (χ1n) is 6.89. The molecule has 0 aliphatic carbocycles. The van der Waals surface area contributed by atoms with Crippen LogP contribution in [0.4, 0.5) is 0 Å². The molecular weight excluding hydrogens is 256 g/mol. The maximum absolute atomic E-state index is 2.48. The van der Waals surface area contributed by atoms with E-state index in [-0.39, 0.29) is 0 Å². The van der Waals surface area contributed by atoms with Crippen LogP contribution in [0.1, 0.15) is 0 Å². The lowest BCUT2D eigenvalue weighted by Gasteiger charge is -2.10. The van der Waals surface area contributed by atoms with E-state index < -0.39 is 8.40 Å². The lowest BCUT2D eigenvalue weighted by molar-refractivity contribution is 1.74. The minimum Gasteiger partial charge on any atom is -0.0652 e. The average molecular weight is 270 g/mol. The van der Waals surface area contributed by atoms with Gasteiger partial charge < -0.3 is 0 Å². The van der Waals surface area contributed by atoms with Crippen molar-refractivity contribution < 1.29 is 0 Å². The number of hydrogen-bond donors (Lipinski definition) is 0. The molecule has 0 nitrogen and oxygen atoms in total. The highest BCUT2D eigenvalue weighted by atomic mass is 28.2. The first-order valence-corrected chi connectivity index (χ1v) is 8.47. The highest BCUT2D eigenvalue weighted by Crippen LogP contribution is 2.26. The van der Waals surface area contributed by atoms with Crippen molar-refractivity contribution in [2.45, 2.75) is 0 Å². The summed E-state index contributed by atoms with van der Waals surface area (Å²) in [7, 11) is -0.819. The van der Waals surface area contributed by atoms with Crippen molar-refractivity contribution in [1.82, 2.24) is 0 Å². The number of hydrogen-bond acceptors (Lipinski definition) is 0. The number of benzene rings is 3. The Bertz CT molecular complexity index is 895. The van der Waals surface area contributed by atoms with E-state index in [0.717, 1.165) is 0 Å². The minimum absolute atomic E-state index is 0.819. The van der Waals surface area contributed by atoms with Crippen LogP contribution in [0.5, 0.6) is 0 Å². The van der Waals surface area contributed by atoms with Crippen LogP contribution >= 0.6 is 0 Å². The monoisotopic (exact) mass is 270 g/mol. The summed E-state index contributed by atoms with van der Waals surface area (Å²) >= 11 is 0. The molecule has 0 unspecified atom stereocenters.